The van der Waals surface area contributed by atoms with E-state index in [2.05, 4.69) is 5.32 Å². The van der Waals surface area contributed by atoms with E-state index in [1.54, 1.807) is 57.2 Å². The number of para-hydroxylation sites is 2. The van der Waals surface area contributed by atoms with Crippen molar-refractivity contribution in [3.8, 4) is 17.6 Å². The number of ether oxygens (including phenoxy) is 1. The highest BCUT2D eigenvalue weighted by molar-refractivity contribution is 5.93. The first-order chi connectivity index (χ1) is 16.5. The molecule has 178 valence electrons. The number of allylic oxidation sites excluding steroid dienone is 2. The summed E-state index contributed by atoms with van der Waals surface area (Å²) >= 11 is 0. The number of halogens is 3. The second-order valence-electron chi connectivity index (χ2n) is 9.29. The van der Waals surface area contributed by atoms with Crippen LogP contribution in [-0.2, 0) is 11.0 Å². The number of carbonyl (C=O) groups excluding carboxylic acids is 1. The predicted octanol–water partition coefficient (Wildman–Crippen LogP) is 7.04. The maximum absolute atomic E-state index is 13.8. The third-order valence-electron chi connectivity index (χ3n) is 5.78. The lowest BCUT2D eigenvalue weighted by Crippen LogP contribution is -2.36. The fraction of sp³-hybridized carbons (Fsp3) is 0.214. The summed E-state index contributed by atoms with van der Waals surface area (Å²) in [5, 5.41) is 12.9. The van der Waals surface area contributed by atoms with Crippen LogP contribution in [0.15, 0.2) is 78.5 Å². The van der Waals surface area contributed by atoms with Gasteiger partial charge < -0.3 is 10.1 Å². The van der Waals surface area contributed by atoms with Crippen molar-refractivity contribution in [3.63, 3.8) is 0 Å². The van der Waals surface area contributed by atoms with E-state index in [-0.39, 0.29) is 16.8 Å². The first-order valence-corrected chi connectivity index (χ1v) is 11.0. The van der Waals surface area contributed by atoms with Gasteiger partial charge in [-0.15, -0.1) is 0 Å². The normalized spacial score (nSPS) is 14.1. The molecule has 0 aliphatic carbocycles. The lowest BCUT2D eigenvalue weighted by molar-refractivity contribution is -0.137. The molecular formula is C28H23F3N2O2. The standard InChI is InChI=1S/C28H23F3N2O2/c1-27(2,3)25(21(16-32)17-9-8-10-18(15-17)28(29,30)31)33-26(34)24-19-11-4-6-13-22(19)35-23-14-7-5-12-20(23)24/h4-15,24H,1-3H3,(H,33,34)/b25-21-. The minimum absolute atomic E-state index is 0.0226. The second-order valence-corrected chi connectivity index (χ2v) is 9.29. The monoisotopic (exact) mass is 476 g/mol. The smallest absolute Gasteiger partial charge is 0.416 e. The number of amides is 1. The molecule has 0 unspecified atom stereocenters. The molecule has 35 heavy (non-hydrogen) atoms. The quantitative estimate of drug-likeness (QED) is 0.413. The van der Waals surface area contributed by atoms with Gasteiger partial charge in [0.1, 0.15) is 17.6 Å². The summed E-state index contributed by atoms with van der Waals surface area (Å²) < 4.78 is 45.9. The summed E-state index contributed by atoms with van der Waals surface area (Å²) in [6.45, 7) is 5.37. The van der Waals surface area contributed by atoms with E-state index in [1.165, 1.54) is 12.1 Å². The fourth-order valence-electron chi connectivity index (χ4n) is 4.13. The van der Waals surface area contributed by atoms with Crippen LogP contribution in [0.3, 0.4) is 0 Å². The minimum atomic E-state index is -4.56. The summed E-state index contributed by atoms with van der Waals surface area (Å²) in [5.74, 6) is -0.0372. The molecule has 4 nitrogen and oxygen atoms in total. The first-order valence-electron chi connectivity index (χ1n) is 11.0. The van der Waals surface area contributed by atoms with Crippen molar-refractivity contribution in [2.75, 3.05) is 0 Å². The lowest BCUT2D eigenvalue weighted by atomic mass is 9.84. The van der Waals surface area contributed by atoms with Crippen molar-refractivity contribution in [2.45, 2.75) is 32.9 Å². The number of rotatable bonds is 3. The molecule has 0 radical (unpaired) electrons. The number of hydrogen-bond acceptors (Lipinski definition) is 3. The van der Waals surface area contributed by atoms with Gasteiger partial charge in [0.25, 0.3) is 0 Å². The van der Waals surface area contributed by atoms with E-state index in [0.29, 0.717) is 22.6 Å². The number of benzene rings is 3. The van der Waals surface area contributed by atoms with Gasteiger partial charge in [0.15, 0.2) is 0 Å². The van der Waals surface area contributed by atoms with Crippen LogP contribution in [0, 0.1) is 16.7 Å². The highest BCUT2D eigenvalue weighted by Crippen LogP contribution is 2.44. The Morgan fingerprint density at radius 1 is 0.914 bits per heavy atom. The summed E-state index contributed by atoms with van der Waals surface area (Å²) in [5.41, 5.74) is 0.00878. The molecule has 1 amide bonds. The number of hydrogen-bond donors (Lipinski definition) is 1. The molecule has 1 N–H and O–H groups in total. The molecular weight excluding hydrogens is 453 g/mol. The molecule has 3 aromatic rings. The Morgan fingerprint density at radius 3 is 2.00 bits per heavy atom. The second kappa shape index (κ2) is 8.95. The average Bonchev–Trinajstić information content (AvgIpc) is 2.81. The number of nitrogens with zero attached hydrogens (tertiary/aromatic N) is 1. The molecule has 3 aromatic carbocycles. The van der Waals surface area contributed by atoms with Gasteiger partial charge in [0.05, 0.1) is 17.1 Å². The first kappa shape index (κ1) is 24.1. The summed E-state index contributed by atoms with van der Waals surface area (Å²) in [6, 6.07) is 21.0. The minimum Gasteiger partial charge on any atom is -0.457 e. The summed E-state index contributed by atoms with van der Waals surface area (Å²) in [6.07, 6.45) is -4.56. The Bertz CT molecular complexity index is 1320. The van der Waals surface area contributed by atoms with E-state index in [1.807, 2.05) is 18.2 Å². The maximum atomic E-state index is 13.8. The molecule has 0 fully saturated rings. The third-order valence-corrected chi connectivity index (χ3v) is 5.78. The molecule has 0 atom stereocenters. The molecule has 1 aliphatic heterocycles. The zero-order valence-electron chi connectivity index (χ0n) is 19.4. The summed E-state index contributed by atoms with van der Waals surface area (Å²) in [7, 11) is 0. The number of nitrogens with one attached hydrogen (secondary N) is 1. The highest BCUT2D eigenvalue weighted by Gasteiger charge is 2.35. The van der Waals surface area contributed by atoms with E-state index < -0.39 is 29.0 Å². The van der Waals surface area contributed by atoms with E-state index in [0.717, 1.165) is 12.1 Å². The van der Waals surface area contributed by atoms with Gasteiger partial charge in [0.2, 0.25) is 5.91 Å². The van der Waals surface area contributed by atoms with Gasteiger partial charge in [0, 0.05) is 22.2 Å². The molecule has 7 heteroatoms. The zero-order valence-corrected chi connectivity index (χ0v) is 19.4. The van der Waals surface area contributed by atoms with Crippen molar-refractivity contribution in [1.82, 2.24) is 5.32 Å². The van der Waals surface area contributed by atoms with Gasteiger partial charge >= 0.3 is 6.18 Å². The maximum Gasteiger partial charge on any atom is 0.416 e. The summed E-state index contributed by atoms with van der Waals surface area (Å²) in [4.78, 5) is 13.8. The van der Waals surface area contributed by atoms with Crippen LogP contribution in [-0.4, -0.2) is 5.91 Å². The van der Waals surface area contributed by atoms with Gasteiger partial charge in [-0.3, -0.25) is 4.79 Å². The van der Waals surface area contributed by atoms with Crippen LogP contribution in [0.5, 0.6) is 11.5 Å². The van der Waals surface area contributed by atoms with Crippen LogP contribution in [0.25, 0.3) is 5.57 Å². The Hall–Kier alpha value is -4.05. The number of carbonyl (C=O) groups is 1. The topological polar surface area (TPSA) is 62.1 Å². The Balaban J connectivity index is 1.82. The van der Waals surface area contributed by atoms with Crippen LogP contribution in [0.4, 0.5) is 13.2 Å². The van der Waals surface area contributed by atoms with Gasteiger partial charge in [-0.25, -0.2) is 0 Å². The van der Waals surface area contributed by atoms with Crippen LogP contribution in [0.2, 0.25) is 0 Å². The van der Waals surface area contributed by atoms with E-state index in [4.69, 9.17) is 4.74 Å². The van der Waals surface area contributed by atoms with Crippen LogP contribution in [0.1, 0.15) is 48.9 Å². The van der Waals surface area contributed by atoms with Crippen molar-refractivity contribution < 1.29 is 22.7 Å². The van der Waals surface area contributed by atoms with Crippen molar-refractivity contribution in [1.29, 1.82) is 5.26 Å². The molecule has 0 aromatic heterocycles. The highest BCUT2D eigenvalue weighted by atomic mass is 19.4. The Morgan fingerprint density at radius 2 is 1.49 bits per heavy atom. The van der Waals surface area contributed by atoms with Crippen molar-refractivity contribution in [2.24, 2.45) is 5.41 Å². The SMILES string of the molecule is CC(C)(C)/C(NC(=O)C1c2ccccc2Oc2ccccc21)=C(\C#N)c1cccc(C(F)(F)F)c1. The molecule has 1 heterocycles. The van der Waals surface area contributed by atoms with Crippen LogP contribution < -0.4 is 10.1 Å². The zero-order chi connectivity index (χ0) is 25.4. The van der Waals surface area contributed by atoms with Crippen molar-refractivity contribution in [3.05, 3.63) is 101 Å². The third kappa shape index (κ3) is 4.78. The van der Waals surface area contributed by atoms with Crippen molar-refractivity contribution >= 4 is 11.5 Å². The average molecular weight is 476 g/mol. The largest absolute Gasteiger partial charge is 0.457 e. The van der Waals surface area contributed by atoms with E-state index in [9.17, 15) is 23.2 Å². The lowest BCUT2D eigenvalue weighted by Gasteiger charge is -2.31. The van der Waals surface area contributed by atoms with E-state index >= 15 is 0 Å². The molecule has 0 spiro atoms. The van der Waals surface area contributed by atoms with Gasteiger partial charge in [-0.1, -0.05) is 69.3 Å². The predicted molar refractivity (Wildman–Crippen MR) is 126 cm³/mol. The molecule has 0 saturated heterocycles. The Kier molecular flexibility index (Phi) is 6.16. The fourth-order valence-corrected chi connectivity index (χ4v) is 4.13. The van der Waals surface area contributed by atoms with Gasteiger partial charge in [-0.05, 0) is 29.8 Å². The number of nitriles is 1. The molecule has 4 rings (SSSR count). The molecule has 1 aliphatic rings. The van der Waals surface area contributed by atoms with Crippen LogP contribution >= 0.6 is 0 Å². The molecule has 0 saturated carbocycles. The number of fused-ring (bicyclic) bond motifs is 2. The van der Waals surface area contributed by atoms with Gasteiger partial charge in [-0.2, -0.15) is 18.4 Å². The Labute approximate surface area is 201 Å². The molecule has 0 bridgehead atoms. The number of alkyl halides is 3.